The molecule has 2 rings (SSSR count). The molecular weight excluding hydrogens is 270 g/mol. The maximum atomic E-state index is 6.26. The molecule has 0 bridgehead atoms. The highest BCUT2D eigenvalue weighted by atomic mass is 35.5. The van der Waals surface area contributed by atoms with Gasteiger partial charge < -0.3 is 10.2 Å². The lowest BCUT2D eigenvalue weighted by molar-refractivity contribution is 0.552. The SMILES string of the molecule is CCN(CC1CC1)c1cc(CNCC(C)C)c(Cl)cn1. The van der Waals surface area contributed by atoms with Crippen LogP contribution >= 0.6 is 11.6 Å². The van der Waals surface area contributed by atoms with E-state index >= 15 is 0 Å². The zero-order valence-corrected chi connectivity index (χ0v) is 13.6. The van der Waals surface area contributed by atoms with Crippen LogP contribution < -0.4 is 10.2 Å². The molecule has 1 saturated carbocycles. The van der Waals surface area contributed by atoms with Crippen molar-refractivity contribution in [3.63, 3.8) is 0 Å². The molecule has 0 atom stereocenters. The molecule has 0 aliphatic heterocycles. The number of rotatable bonds is 8. The molecule has 1 fully saturated rings. The van der Waals surface area contributed by atoms with Crippen LogP contribution in [0.3, 0.4) is 0 Å². The monoisotopic (exact) mass is 295 g/mol. The van der Waals surface area contributed by atoms with Gasteiger partial charge >= 0.3 is 0 Å². The molecule has 1 aromatic rings. The molecule has 1 aromatic heterocycles. The normalized spacial score (nSPS) is 14.8. The first-order valence-electron chi connectivity index (χ1n) is 7.70. The summed E-state index contributed by atoms with van der Waals surface area (Å²) in [6, 6.07) is 2.14. The quantitative estimate of drug-likeness (QED) is 0.792. The van der Waals surface area contributed by atoms with E-state index in [9.17, 15) is 0 Å². The minimum Gasteiger partial charge on any atom is -0.357 e. The molecule has 0 unspecified atom stereocenters. The van der Waals surface area contributed by atoms with Crippen LogP contribution in [0.2, 0.25) is 5.02 Å². The second-order valence-electron chi connectivity index (χ2n) is 6.14. The number of anilines is 1. The molecule has 1 aliphatic carbocycles. The van der Waals surface area contributed by atoms with Crippen molar-refractivity contribution in [2.45, 2.75) is 40.2 Å². The van der Waals surface area contributed by atoms with Gasteiger partial charge in [-0.05, 0) is 49.8 Å². The van der Waals surface area contributed by atoms with E-state index in [1.165, 1.54) is 12.8 Å². The maximum Gasteiger partial charge on any atom is 0.128 e. The summed E-state index contributed by atoms with van der Waals surface area (Å²) in [5.41, 5.74) is 1.14. The first kappa shape index (κ1) is 15.6. The highest BCUT2D eigenvalue weighted by Crippen LogP contribution is 2.31. The number of nitrogens with one attached hydrogen (secondary N) is 1. The Kier molecular flexibility index (Phi) is 5.67. The third kappa shape index (κ3) is 4.64. The van der Waals surface area contributed by atoms with Crippen molar-refractivity contribution in [2.24, 2.45) is 11.8 Å². The molecular formula is C16H26ClN3. The standard InChI is InChI=1S/C16H26ClN3/c1-4-20(11-13-5-6-13)16-7-14(15(17)10-19-16)9-18-8-12(2)3/h7,10,12-13,18H,4-6,8-9,11H2,1-3H3. The van der Waals surface area contributed by atoms with Gasteiger partial charge in [-0.15, -0.1) is 0 Å². The molecule has 1 N–H and O–H groups in total. The topological polar surface area (TPSA) is 28.2 Å². The molecule has 0 aromatic carbocycles. The van der Waals surface area contributed by atoms with Gasteiger partial charge in [-0.3, -0.25) is 0 Å². The average Bonchev–Trinajstić information content (AvgIpc) is 3.22. The molecule has 1 aliphatic rings. The maximum absolute atomic E-state index is 6.26. The van der Waals surface area contributed by atoms with Gasteiger partial charge in [-0.25, -0.2) is 4.98 Å². The van der Waals surface area contributed by atoms with Gasteiger partial charge in [0.15, 0.2) is 0 Å². The first-order valence-corrected chi connectivity index (χ1v) is 8.08. The fourth-order valence-corrected chi connectivity index (χ4v) is 2.44. The summed E-state index contributed by atoms with van der Waals surface area (Å²) in [4.78, 5) is 6.86. The molecule has 3 nitrogen and oxygen atoms in total. The van der Waals surface area contributed by atoms with Crippen molar-refractivity contribution in [1.29, 1.82) is 0 Å². The zero-order chi connectivity index (χ0) is 14.5. The number of halogens is 1. The van der Waals surface area contributed by atoms with Gasteiger partial charge in [0.2, 0.25) is 0 Å². The molecule has 4 heteroatoms. The Morgan fingerprint density at radius 2 is 2.20 bits per heavy atom. The predicted molar refractivity (Wildman–Crippen MR) is 86.4 cm³/mol. The number of hydrogen-bond donors (Lipinski definition) is 1. The lowest BCUT2D eigenvalue weighted by Gasteiger charge is -2.22. The summed E-state index contributed by atoms with van der Waals surface area (Å²) in [5.74, 6) is 2.58. The summed E-state index contributed by atoms with van der Waals surface area (Å²) in [6.45, 7) is 10.6. The van der Waals surface area contributed by atoms with Crippen LogP contribution in [-0.4, -0.2) is 24.6 Å². The predicted octanol–water partition coefficient (Wildman–Crippen LogP) is 3.72. The van der Waals surface area contributed by atoms with Crippen molar-refractivity contribution >= 4 is 17.4 Å². The lowest BCUT2D eigenvalue weighted by Crippen LogP contribution is -2.26. The van der Waals surface area contributed by atoms with Crippen LogP contribution in [0.4, 0.5) is 5.82 Å². The van der Waals surface area contributed by atoms with Crippen molar-refractivity contribution < 1.29 is 0 Å². The zero-order valence-electron chi connectivity index (χ0n) is 12.8. The molecule has 0 radical (unpaired) electrons. The second-order valence-corrected chi connectivity index (χ2v) is 6.55. The van der Waals surface area contributed by atoms with E-state index in [2.05, 4.69) is 42.0 Å². The van der Waals surface area contributed by atoms with E-state index in [1.807, 2.05) is 0 Å². The second kappa shape index (κ2) is 7.28. The van der Waals surface area contributed by atoms with E-state index in [0.29, 0.717) is 5.92 Å². The molecule has 0 amide bonds. The Hall–Kier alpha value is -0.800. The van der Waals surface area contributed by atoms with Gasteiger partial charge in [-0.1, -0.05) is 25.4 Å². The minimum absolute atomic E-state index is 0.650. The Bertz CT molecular complexity index is 430. The fourth-order valence-electron chi connectivity index (χ4n) is 2.27. The number of pyridine rings is 1. The van der Waals surface area contributed by atoms with Gasteiger partial charge in [-0.2, -0.15) is 0 Å². The molecule has 0 saturated heterocycles. The van der Waals surface area contributed by atoms with Crippen molar-refractivity contribution in [3.8, 4) is 0 Å². The van der Waals surface area contributed by atoms with Crippen molar-refractivity contribution in [1.82, 2.24) is 10.3 Å². The van der Waals surface area contributed by atoms with Gasteiger partial charge in [0.1, 0.15) is 5.82 Å². The number of aromatic nitrogens is 1. The van der Waals surface area contributed by atoms with Crippen LogP contribution in [0.1, 0.15) is 39.2 Å². The Morgan fingerprint density at radius 3 is 2.80 bits per heavy atom. The average molecular weight is 296 g/mol. The summed E-state index contributed by atoms with van der Waals surface area (Å²) in [7, 11) is 0. The van der Waals surface area contributed by atoms with Crippen molar-refractivity contribution in [3.05, 3.63) is 22.8 Å². The highest BCUT2D eigenvalue weighted by molar-refractivity contribution is 6.31. The van der Waals surface area contributed by atoms with Crippen LogP contribution in [0.15, 0.2) is 12.3 Å². The first-order chi connectivity index (χ1) is 9.60. The molecule has 112 valence electrons. The summed E-state index contributed by atoms with van der Waals surface area (Å²) in [5, 5.41) is 4.21. The molecule has 1 heterocycles. The van der Waals surface area contributed by atoms with E-state index in [0.717, 1.165) is 48.5 Å². The third-order valence-electron chi connectivity index (χ3n) is 3.67. The third-order valence-corrected chi connectivity index (χ3v) is 4.01. The van der Waals surface area contributed by atoms with E-state index in [1.54, 1.807) is 6.20 Å². The molecule has 20 heavy (non-hydrogen) atoms. The molecule has 0 spiro atoms. The number of nitrogens with zero attached hydrogens (tertiary/aromatic N) is 2. The highest BCUT2D eigenvalue weighted by Gasteiger charge is 2.24. The summed E-state index contributed by atoms with van der Waals surface area (Å²) in [6.07, 6.45) is 4.53. The van der Waals surface area contributed by atoms with Crippen LogP contribution in [0.5, 0.6) is 0 Å². The minimum atomic E-state index is 0.650. The fraction of sp³-hybridized carbons (Fsp3) is 0.688. The van der Waals surface area contributed by atoms with Crippen LogP contribution in [-0.2, 0) is 6.54 Å². The smallest absolute Gasteiger partial charge is 0.128 e. The lowest BCUT2D eigenvalue weighted by atomic mass is 10.2. The van der Waals surface area contributed by atoms with E-state index in [-0.39, 0.29) is 0 Å². The van der Waals surface area contributed by atoms with Gasteiger partial charge in [0.05, 0.1) is 5.02 Å². The summed E-state index contributed by atoms with van der Waals surface area (Å²) >= 11 is 6.26. The Morgan fingerprint density at radius 1 is 1.45 bits per heavy atom. The van der Waals surface area contributed by atoms with E-state index < -0.39 is 0 Å². The summed E-state index contributed by atoms with van der Waals surface area (Å²) < 4.78 is 0. The van der Waals surface area contributed by atoms with Crippen LogP contribution in [0.25, 0.3) is 0 Å². The van der Waals surface area contributed by atoms with Crippen LogP contribution in [0, 0.1) is 11.8 Å². The Labute approximate surface area is 127 Å². The number of hydrogen-bond acceptors (Lipinski definition) is 3. The Balaban J connectivity index is 2.01. The van der Waals surface area contributed by atoms with Crippen molar-refractivity contribution in [2.75, 3.05) is 24.5 Å². The van der Waals surface area contributed by atoms with E-state index in [4.69, 9.17) is 11.6 Å². The van der Waals surface area contributed by atoms with Gasteiger partial charge in [0.25, 0.3) is 0 Å². The largest absolute Gasteiger partial charge is 0.357 e. The van der Waals surface area contributed by atoms with Gasteiger partial charge in [0, 0.05) is 25.8 Å².